The van der Waals surface area contributed by atoms with Gasteiger partial charge < -0.3 is 5.73 Å². The van der Waals surface area contributed by atoms with E-state index in [0.717, 1.165) is 32.4 Å². The largest absolute Gasteiger partial charge is 0.326 e. The molecule has 0 unspecified atom stereocenters. The van der Waals surface area contributed by atoms with Crippen molar-refractivity contribution in [2.24, 2.45) is 5.73 Å². The van der Waals surface area contributed by atoms with Gasteiger partial charge in [0.15, 0.2) is 0 Å². The number of thiazole rings is 1. The molecule has 2 aromatic carbocycles. The van der Waals surface area contributed by atoms with Crippen LogP contribution >= 0.6 is 22.9 Å². The summed E-state index contributed by atoms with van der Waals surface area (Å²) in [7, 11) is 0. The predicted molar refractivity (Wildman–Crippen MR) is 85.9 cm³/mol. The molecule has 0 saturated carbocycles. The van der Waals surface area contributed by atoms with Crippen LogP contribution in [0.4, 0.5) is 0 Å². The number of hydrogen-bond donors (Lipinski definition) is 1. The molecular weight excluding hydrogens is 288 g/mol. The number of hydrogen-bond acceptors (Lipinski definition) is 3. The molecule has 20 heavy (non-hydrogen) atoms. The molecule has 2 N–H and O–H groups in total. The first kappa shape index (κ1) is 13.3. The average Bonchev–Trinajstić information content (AvgIpc) is 2.98. The van der Waals surface area contributed by atoms with Crippen LogP contribution < -0.4 is 5.73 Å². The van der Waals surface area contributed by atoms with Crippen LogP contribution in [0.25, 0.3) is 21.8 Å². The maximum absolute atomic E-state index is 5.90. The van der Waals surface area contributed by atoms with Crippen molar-refractivity contribution in [3.05, 3.63) is 64.5 Å². The van der Waals surface area contributed by atoms with Crippen molar-refractivity contribution < 1.29 is 0 Å². The van der Waals surface area contributed by atoms with Gasteiger partial charge in [0.05, 0.1) is 5.69 Å². The summed E-state index contributed by atoms with van der Waals surface area (Å²) in [6.07, 6.45) is 0. The van der Waals surface area contributed by atoms with Crippen molar-refractivity contribution in [2.75, 3.05) is 0 Å². The fourth-order valence-electron chi connectivity index (χ4n) is 1.99. The van der Waals surface area contributed by atoms with Crippen LogP contribution in [0.15, 0.2) is 53.9 Å². The predicted octanol–water partition coefficient (Wildman–Crippen LogP) is 4.59. The highest BCUT2D eigenvalue weighted by Gasteiger charge is 2.07. The van der Waals surface area contributed by atoms with E-state index in [4.69, 9.17) is 22.3 Å². The van der Waals surface area contributed by atoms with E-state index in [2.05, 4.69) is 17.5 Å². The monoisotopic (exact) mass is 300 g/mol. The molecule has 0 aliphatic carbocycles. The molecule has 0 aliphatic heterocycles. The summed E-state index contributed by atoms with van der Waals surface area (Å²) in [5.74, 6) is 0. The molecular formula is C16H13ClN2S. The molecule has 1 aromatic heterocycles. The minimum Gasteiger partial charge on any atom is -0.326 e. The highest BCUT2D eigenvalue weighted by molar-refractivity contribution is 7.13. The summed E-state index contributed by atoms with van der Waals surface area (Å²) in [4.78, 5) is 4.69. The van der Waals surface area contributed by atoms with E-state index in [1.165, 1.54) is 0 Å². The molecule has 0 radical (unpaired) electrons. The van der Waals surface area contributed by atoms with E-state index in [-0.39, 0.29) is 0 Å². The number of nitrogens with zero attached hydrogens (tertiary/aromatic N) is 1. The number of nitrogens with two attached hydrogens (primary N) is 1. The fraction of sp³-hybridized carbons (Fsp3) is 0.0625. The fourth-order valence-corrected chi connectivity index (χ4v) is 2.94. The van der Waals surface area contributed by atoms with Crippen LogP contribution in [-0.2, 0) is 6.54 Å². The topological polar surface area (TPSA) is 38.9 Å². The van der Waals surface area contributed by atoms with Crippen LogP contribution in [0.3, 0.4) is 0 Å². The van der Waals surface area contributed by atoms with Gasteiger partial charge in [-0.05, 0) is 23.8 Å². The van der Waals surface area contributed by atoms with Crippen molar-refractivity contribution in [1.82, 2.24) is 4.98 Å². The Kier molecular flexibility index (Phi) is 3.83. The first-order valence-electron chi connectivity index (χ1n) is 6.27. The summed E-state index contributed by atoms with van der Waals surface area (Å²) in [5, 5.41) is 3.80. The molecule has 4 heteroatoms. The van der Waals surface area contributed by atoms with Gasteiger partial charge in [0.25, 0.3) is 0 Å². The van der Waals surface area contributed by atoms with Gasteiger partial charge in [0, 0.05) is 28.1 Å². The van der Waals surface area contributed by atoms with Gasteiger partial charge in [-0.3, -0.25) is 0 Å². The number of rotatable bonds is 3. The first-order chi connectivity index (χ1) is 9.76. The lowest BCUT2D eigenvalue weighted by Gasteiger charge is -2.00. The second kappa shape index (κ2) is 5.75. The lowest BCUT2D eigenvalue weighted by Crippen LogP contribution is -1.95. The van der Waals surface area contributed by atoms with Gasteiger partial charge >= 0.3 is 0 Å². The summed E-state index contributed by atoms with van der Waals surface area (Å²) in [5.41, 5.74) is 9.95. The Balaban J connectivity index is 1.95. The number of benzene rings is 2. The van der Waals surface area contributed by atoms with E-state index in [9.17, 15) is 0 Å². The lowest BCUT2D eigenvalue weighted by molar-refractivity contribution is 1.07. The molecule has 0 atom stereocenters. The van der Waals surface area contributed by atoms with Gasteiger partial charge in [0.1, 0.15) is 5.01 Å². The molecule has 0 saturated heterocycles. The molecule has 0 bridgehead atoms. The van der Waals surface area contributed by atoms with Gasteiger partial charge in [-0.2, -0.15) is 0 Å². The Morgan fingerprint density at radius 3 is 2.60 bits per heavy atom. The second-order valence-corrected chi connectivity index (χ2v) is 5.74. The molecule has 0 spiro atoms. The van der Waals surface area contributed by atoms with Crippen LogP contribution in [0.2, 0.25) is 5.02 Å². The van der Waals surface area contributed by atoms with Crippen LogP contribution in [0.1, 0.15) is 5.56 Å². The normalized spacial score (nSPS) is 10.7. The van der Waals surface area contributed by atoms with E-state index < -0.39 is 0 Å². The number of halogens is 1. The molecule has 0 amide bonds. The summed E-state index contributed by atoms with van der Waals surface area (Å²) in [6, 6.07) is 15.9. The van der Waals surface area contributed by atoms with Gasteiger partial charge in [0.2, 0.25) is 0 Å². The van der Waals surface area contributed by atoms with Gasteiger partial charge in [-0.25, -0.2) is 4.98 Å². The Morgan fingerprint density at radius 1 is 1.05 bits per heavy atom. The highest BCUT2D eigenvalue weighted by atomic mass is 35.5. The molecule has 2 nitrogen and oxygen atoms in total. The van der Waals surface area contributed by atoms with E-state index in [1.54, 1.807) is 11.3 Å². The Hall–Kier alpha value is -1.68. The smallest absolute Gasteiger partial charge is 0.124 e. The Labute approximate surface area is 126 Å². The summed E-state index contributed by atoms with van der Waals surface area (Å²) in [6.45, 7) is 0.545. The zero-order valence-electron chi connectivity index (χ0n) is 10.7. The Bertz CT molecular complexity index is 719. The maximum atomic E-state index is 5.90. The summed E-state index contributed by atoms with van der Waals surface area (Å²) >= 11 is 7.54. The van der Waals surface area contributed by atoms with Crippen LogP contribution in [0.5, 0.6) is 0 Å². The average molecular weight is 301 g/mol. The first-order valence-corrected chi connectivity index (χ1v) is 7.53. The molecule has 0 aliphatic rings. The molecule has 100 valence electrons. The quantitative estimate of drug-likeness (QED) is 0.768. The van der Waals surface area contributed by atoms with Crippen LogP contribution in [0, 0.1) is 0 Å². The standard InChI is InChI=1S/C16H13ClN2S/c17-14-6-4-12(5-7-14)15-10-20-16(19-15)13-3-1-2-11(8-13)9-18/h1-8,10H,9,18H2. The van der Waals surface area contributed by atoms with E-state index >= 15 is 0 Å². The maximum Gasteiger partial charge on any atom is 0.124 e. The van der Waals surface area contributed by atoms with E-state index in [0.29, 0.717) is 6.54 Å². The van der Waals surface area contributed by atoms with Crippen LogP contribution in [-0.4, -0.2) is 4.98 Å². The number of aromatic nitrogens is 1. The minimum absolute atomic E-state index is 0.545. The zero-order valence-corrected chi connectivity index (χ0v) is 12.3. The molecule has 0 fully saturated rings. The summed E-state index contributed by atoms with van der Waals surface area (Å²) < 4.78 is 0. The van der Waals surface area contributed by atoms with Crippen molar-refractivity contribution in [3.63, 3.8) is 0 Å². The SMILES string of the molecule is NCc1cccc(-c2nc(-c3ccc(Cl)cc3)cs2)c1. The second-order valence-electron chi connectivity index (χ2n) is 4.45. The van der Waals surface area contributed by atoms with Crippen molar-refractivity contribution in [1.29, 1.82) is 0 Å². The van der Waals surface area contributed by atoms with Gasteiger partial charge in [-0.15, -0.1) is 11.3 Å². The molecule has 1 heterocycles. The van der Waals surface area contributed by atoms with Gasteiger partial charge in [-0.1, -0.05) is 41.9 Å². The Morgan fingerprint density at radius 2 is 1.85 bits per heavy atom. The highest BCUT2D eigenvalue weighted by Crippen LogP contribution is 2.29. The third-order valence-electron chi connectivity index (χ3n) is 3.05. The molecule has 3 aromatic rings. The minimum atomic E-state index is 0.545. The third-order valence-corrected chi connectivity index (χ3v) is 4.20. The lowest BCUT2D eigenvalue weighted by atomic mass is 10.1. The third kappa shape index (κ3) is 2.75. The van der Waals surface area contributed by atoms with Crippen molar-refractivity contribution in [2.45, 2.75) is 6.54 Å². The van der Waals surface area contributed by atoms with Crippen molar-refractivity contribution in [3.8, 4) is 21.8 Å². The zero-order chi connectivity index (χ0) is 13.9. The van der Waals surface area contributed by atoms with E-state index in [1.807, 2.05) is 36.4 Å². The molecule has 3 rings (SSSR count). The van der Waals surface area contributed by atoms with Crippen molar-refractivity contribution >= 4 is 22.9 Å².